The molecular weight excluding hydrogens is 176 g/mol. The minimum Gasteiger partial charge on any atom is -0.396 e. The molecule has 1 aromatic rings. The van der Waals surface area contributed by atoms with Crippen molar-refractivity contribution in [2.45, 2.75) is 6.42 Å². The van der Waals surface area contributed by atoms with Crippen molar-refractivity contribution < 1.29 is 9.90 Å². The van der Waals surface area contributed by atoms with Crippen molar-refractivity contribution >= 4 is 17.9 Å². The van der Waals surface area contributed by atoms with Gasteiger partial charge in [0.25, 0.3) is 0 Å². The first kappa shape index (κ1) is 9.23. The van der Waals surface area contributed by atoms with Crippen molar-refractivity contribution in [3.8, 4) is 0 Å². The molecule has 3 heteroatoms. The summed E-state index contributed by atoms with van der Waals surface area (Å²) in [5.41, 5.74) is 1.40. The number of aliphatic hydroxyl groups excluding tert-OH is 1. The van der Waals surface area contributed by atoms with Gasteiger partial charge in [-0.1, -0.05) is 17.7 Å². The Hall–Kier alpha value is -0.860. The molecule has 12 heavy (non-hydrogen) atoms. The van der Waals surface area contributed by atoms with E-state index < -0.39 is 0 Å². The summed E-state index contributed by atoms with van der Waals surface area (Å²) in [6.45, 7) is 0.0437. The average molecular weight is 185 g/mol. The molecule has 0 aliphatic heterocycles. The summed E-state index contributed by atoms with van der Waals surface area (Å²) in [5, 5.41) is 9.25. The highest BCUT2D eigenvalue weighted by atomic mass is 35.5. The lowest BCUT2D eigenvalue weighted by molar-refractivity contribution is 0.112. The van der Waals surface area contributed by atoms with Crippen LogP contribution in [0.15, 0.2) is 18.2 Å². The van der Waals surface area contributed by atoms with Gasteiger partial charge in [0.1, 0.15) is 6.29 Å². The zero-order valence-corrected chi connectivity index (χ0v) is 7.21. The summed E-state index contributed by atoms with van der Waals surface area (Å²) in [7, 11) is 0. The van der Waals surface area contributed by atoms with Gasteiger partial charge in [0.05, 0.1) is 0 Å². The van der Waals surface area contributed by atoms with Crippen molar-refractivity contribution in [3.63, 3.8) is 0 Å². The smallest absolute Gasteiger partial charge is 0.150 e. The number of hydrogen-bond acceptors (Lipinski definition) is 2. The maximum Gasteiger partial charge on any atom is 0.150 e. The molecule has 0 spiro atoms. The van der Waals surface area contributed by atoms with Crippen LogP contribution in [-0.2, 0) is 6.42 Å². The molecule has 0 aliphatic carbocycles. The minimum absolute atomic E-state index is 0.0437. The van der Waals surface area contributed by atoms with E-state index in [-0.39, 0.29) is 6.61 Å². The Morgan fingerprint density at radius 3 is 2.83 bits per heavy atom. The Bertz CT molecular complexity index is 284. The van der Waals surface area contributed by atoms with E-state index >= 15 is 0 Å². The quantitative estimate of drug-likeness (QED) is 0.726. The number of hydrogen-bond donors (Lipinski definition) is 1. The molecule has 64 valence electrons. The molecule has 1 aromatic carbocycles. The summed E-state index contributed by atoms with van der Waals surface area (Å²) in [6.07, 6.45) is 1.25. The van der Waals surface area contributed by atoms with Crippen LogP contribution in [0.3, 0.4) is 0 Å². The first-order valence-corrected chi connectivity index (χ1v) is 4.00. The van der Waals surface area contributed by atoms with E-state index in [0.717, 1.165) is 11.8 Å². The second-order valence-electron chi connectivity index (χ2n) is 2.44. The van der Waals surface area contributed by atoms with Gasteiger partial charge in [-0.3, -0.25) is 4.79 Å². The number of halogens is 1. The molecule has 2 nitrogen and oxygen atoms in total. The maximum atomic E-state index is 10.4. The van der Waals surface area contributed by atoms with Crippen LogP contribution in [0.25, 0.3) is 0 Å². The first-order valence-electron chi connectivity index (χ1n) is 3.62. The van der Waals surface area contributed by atoms with Crippen LogP contribution in [-0.4, -0.2) is 18.0 Å². The minimum atomic E-state index is 0.0437. The first-order chi connectivity index (χ1) is 5.77. The van der Waals surface area contributed by atoms with Crippen molar-refractivity contribution in [1.29, 1.82) is 0 Å². The Morgan fingerprint density at radius 2 is 2.25 bits per heavy atom. The largest absolute Gasteiger partial charge is 0.396 e. The molecule has 0 atom stereocenters. The lowest BCUT2D eigenvalue weighted by Gasteiger charge is -2.01. The third-order valence-corrected chi connectivity index (χ3v) is 1.96. The lowest BCUT2D eigenvalue weighted by atomic mass is 10.1. The molecule has 1 N–H and O–H groups in total. The number of aldehydes is 1. The summed E-state index contributed by atoms with van der Waals surface area (Å²) >= 11 is 5.80. The number of carbonyl (C=O) groups excluding carboxylic acids is 1. The Balaban J connectivity index is 2.99. The highest BCUT2D eigenvalue weighted by molar-refractivity contribution is 6.31. The van der Waals surface area contributed by atoms with Crippen LogP contribution in [0, 0.1) is 0 Å². The highest BCUT2D eigenvalue weighted by Gasteiger charge is 2.00. The Labute approximate surface area is 75.8 Å². The molecule has 1 rings (SSSR count). The van der Waals surface area contributed by atoms with E-state index in [0.29, 0.717) is 17.0 Å². The van der Waals surface area contributed by atoms with Crippen molar-refractivity contribution in [2.24, 2.45) is 0 Å². The molecule has 0 heterocycles. The second-order valence-corrected chi connectivity index (χ2v) is 2.85. The fourth-order valence-electron chi connectivity index (χ4n) is 0.980. The molecule has 0 saturated carbocycles. The third kappa shape index (κ3) is 2.06. The molecule has 0 fully saturated rings. The fourth-order valence-corrected chi connectivity index (χ4v) is 1.19. The summed E-state index contributed by atoms with van der Waals surface area (Å²) in [6, 6.07) is 5.00. The highest BCUT2D eigenvalue weighted by Crippen LogP contribution is 2.17. The molecule has 0 radical (unpaired) electrons. The number of carbonyl (C=O) groups is 1. The maximum absolute atomic E-state index is 10.4. The summed E-state index contributed by atoms with van der Waals surface area (Å²) in [4.78, 5) is 10.4. The van der Waals surface area contributed by atoms with Gasteiger partial charge in [-0.25, -0.2) is 0 Å². The van der Waals surface area contributed by atoms with Gasteiger partial charge in [0.2, 0.25) is 0 Å². The van der Waals surface area contributed by atoms with Crippen molar-refractivity contribution in [1.82, 2.24) is 0 Å². The molecule has 0 aliphatic rings. The second kappa shape index (κ2) is 4.24. The van der Waals surface area contributed by atoms with E-state index in [9.17, 15) is 4.79 Å². The normalized spacial score (nSPS) is 9.83. The molecule has 0 unspecified atom stereocenters. The van der Waals surface area contributed by atoms with Crippen LogP contribution < -0.4 is 0 Å². The zero-order valence-electron chi connectivity index (χ0n) is 6.46. The van der Waals surface area contributed by atoms with Gasteiger partial charge < -0.3 is 5.11 Å². The predicted octanol–water partition coefficient (Wildman–Crippen LogP) is 1.69. The third-order valence-electron chi connectivity index (χ3n) is 1.59. The van der Waals surface area contributed by atoms with Crippen LogP contribution in [0.4, 0.5) is 0 Å². The van der Waals surface area contributed by atoms with E-state index in [1.54, 1.807) is 18.2 Å². The van der Waals surface area contributed by atoms with Crippen LogP contribution >= 0.6 is 11.6 Å². The summed E-state index contributed by atoms with van der Waals surface area (Å²) < 4.78 is 0. The standard InChI is InChI=1S/C9H9ClO2/c10-9-2-1-7(6-12)5-8(9)3-4-11/h1-2,5-6,11H,3-4H2. The van der Waals surface area contributed by atoms with Crippen LogP contribution in [0.1, 0.15) is 15.9 Å². The van der Waals surface area contributed by atoms with Gasteiger partial charge in [0, 0.05) is 17.2 Å². The van der Waals surface area contributed by atoms with E-state index in [4.69, 9.17) is 16.7 Å². The zero-order chi connectivity index (χ0) is 8.97. The van der Waals surface area contributed by atoms with E-state index in [1.165, 1.54) is 0 Å². The van der Waals surface area contributed by atoms with Gasteiger partial charge in [-0.05, 0) is 24.1 Å². The molecule has 0 bridgehead atoms. The van der Waals surface area contributed by atoms with Gasteiger partial charge in [-0.2, -0.15) is 0 Å². The monoisotopic (exact) mass is 184 g/mol. The molecule has 0 saturated heterocycles. The topological polar surface area (TPSA) is 37.3 Å². The fraction of sp³-hybridized carbons (Fsp3) is 0.222. The average Bonchev–Trinajstić information content (AvgIpc) is 2.09. The SMILES string of the molecule is O=Cc1ccc(Cl)c(CCO)c1. The number of rotatable bonds is 3. The van der Waals surface area contributed by atoms with Crippen LogP contribution in [0.5, 0.6) is 0 Å². The lowest BCUT2D eigenvalue weighted by Crippen LogP contribution is -1.93. The molecular formula is C9H9ClO2. The predicted molar refractivity (Wildman–Crippen MR) is 47.6 cm³/mol. The Morgan fingerprint density at radius 1 is 1.50 bits per heavy atom. The number of aliphatic hydroxyl groups is 1. The van der Waals surface area contributed by atoms with E-state index in [2.05, 4.69) is 0 Å². The van der Waals surface area contributed by atoms with Gasteiger partial charge in [-0.15, -0.1) is 0 Å². The van der Waals surface area contributed by atoms with Gasteiger partial charge in [0.15, 0.2) is 0 Å². The van der Waals surface area contributed by atoms with E-state index in [1.807, 2.05) is 0 Å². The summed E-state index contributed by atoms with van der Waals surface area (Å²) in [5.74, 6) is 0. The van der Waals surface area contributed by atoms with Crippen molar-refractivity contribution in [3.05, 3.63) is 34.3 Å². The van der Waals surface area contributed by atoms with Gasteiger partial charge >= 0.3 is 0 Å². The number of benzene rings is 1. The van der Waals surface area contributed by atoms with Crippen LogP contribution in [0.2, 0.25) is 5.02 Å². The molecule has 0 amide bonds. The Kier molecular flexibility index (Phi) is 3.26. The van der Waals surface area contributed by atoms with Crippen molar-refractivity contribution in [2.75, 3.05) is 6.61 Å². The molecule has 0 aromatic heterocycles.